The van der Waals surface area contributed by atoms with Gasteiger partial charge < -0.3 is 9.88 Å². The van der Waals surface area contributed by atoms with Crippen LogP contribution < -0.4 is 0 Å². The Kier molecular flexibility index (Phi) is 4.03. The van der Waals surface area contributed by atoms with Gasteiger partial charge in [-0.1, -0.05) is 36.8 Å². The van der Waals surface area contributed by atoms with E-state index in [-0.39, 0.29) is 5.91 Å². The van der Waals surface area contributed by atoms with Crippen molar-refractivity contribution in [1.29, 1.82) is 0 Å². The lowest BCUT2D eigenvalue weighted by molar-refractivity contribution is 0.0754. The molecule has 2 aromatic carbocycles. The van der Waals surface area contributed by atoms with E-state index in [0.29, 0.717) is 5.92 Å². The quantitative estimate of drug-likeness (QED) is 0.777. The summed E-state index contributed by atoms with van der Waals surface area (Å²) in [6.07, 6.45) is 5.05. The van der Waals surface area contributed by atoms with E-state index in [1.54, 1.807) is 6.33 Å². The van der Waals surface area contributed by atoms with Crippen LogP contribution in [0.1, 0.15) is 41.1 Å². The molecule has 1 amide bonds. The Labute approximate surface area is 141 Å². The van der Waals surface area contributed by atoms with Crippen LogP contribution in [0.25, 0.3) is 11.0 Å². The number of aromatic nitrogens is 2. The number of nitrogens with zero attached hydrogens (tertiary/aromatic N) is 2. The van der Waals surface area contributed by atoms with E-state index >= 15 is 0 Å². The van der Waals surface area contributed by atoms with Crippen molar-refractivity contribution in [3.8, 4) is 0 Å². The van der Waals surface area contributed by atoms with Crippen molar-refractivity contribution in [2.45, 2.75) is 25.2 Å². The van der Waals surface area contributed by atoms with Crippen LogP contribution in [0.15, 0.2) is 54.9 Å². The van der Waals surface area contributed by atoms with Gasteiger partial charge in [0.1, 0.15) is 0 Å². The van der Waals surface area contributed by atoms with E-state index in [9.17, 15) is 4.79 Å². The van der Waals surface area contributed by atoms with Gasteiger partial charge in [0, 0.05) is 24.6 Å². The number of imidazole rings is 1. The molecule has 0 aliphatic carbocycles. The van der Waals surface area contributed by atoms with Crippen LogP contribution in [0.4, 0.5) is 0 Å². The monoisotopic (exact) mass is 319 g/mol. The number of hydrogen-bond acceptors (Lipinski definition) is 2. The molecule has 4 nitrogen and oxygen atoms in total. The summed E-state index contributed by atoms with van der Waals surface area (Å²) in [5.41, 5.74) is 3.88. The normalized spacial score (nSPS) is 18.5. The summed E-state index contributed by atoms with van der Waals surface area (Å²) in [5, 5.41) is 0. The molecule has 0 saturated carbocycles. The summed E-state index contributed by atoms with van der Waals surface area (Å²) >= 11 is 0. The van der Waals surface area contributed by atoms with Crippen molar-refractivity contribution in [2.75, 3.05) is 13.1 Å². The van der Waals surface area contributed by atoms with Gasteiger partial charge in [0.05, 0.1) is 17.4 Å². The number of aromatic amines is 1. The lowest BCUT2D eigenvalue weighted by Gasteiger charge is -2.25. The number of hydrogen-bond donors (Lipinski definition) is 1. The maximum Gasteiger partial charge on any atom is 0.253 e. The predicted molar refractivity (Wildman–Crippen MR) is 95.0 cm³/mol. The van der Waals surface area contributed by atoms with Crippen LogP contribution in [-0.4, -0.2) is 33.9 Å². The molecule has 1 N–H and O–H groups in total. The third-order valence-electron chi connectivity index (χ3n) is 4.90. The fourth-order valence-electron chi connectivity index (χ4n) is 3.57. The molecule has 4 heteroatoms. The summed E-state index contributed by atoms with van der Waals surface area (Å²) in [5.74, 6) is 0.544. The maximum atomic E-state index is 13.0. The zero-order valence-corrected chi connectivity index (χ0v) is 13.6. The highest BCUT2D eigenvalue weighted by Crippen LogP contribution is 2.27. The fourth-order valence-corrected chi connectivity index (χ4v) is 3.57. The molecule has 0 bridgehead atoms. The summed E-state index contributed by atoms with van der Waals surface area (Å²) in [4.78, 5) is 22.3. The number of H-pyrrole nitrogens is 1. The minimum absolute atomic E-state index is 0.120. The first-order valence-electron chi connectivity index (χ1n) is 8.58. The maximum absolute atomic E-state index is 13.0. The van der Waals surface area contributed by atoms with Gasteiger partial charge in [0.15, 0.2) is 0 Å². The Morgan fingerprint density at radius 1 is 1.12 bits per heavy atom. The van der Waals surface area contributed by atoms with Crippen molar-refractivity contribution in [3.63, 3.8) is 0 Å². The molecule has 0 radical (unpaired) electrons. The smallest absolute Gasteiger partial charge is 0.253 e. The van der Waals surface area contributed by atoms with E-state index in [2.05, 4.69) is 34.2 Å². The third kappa shape index (κ3) is 2.92. The highest BCUT2D eigenvalue weighted by atomic mass is 16.2. The van der Waals surface area contributed by atoms with Gasteiger partial charge in [-0.05, 0) is 36.6 Å². The van der Waals surface area contributed by atoms with Crippen molar-refractivity contribution in [2.24, 2.45) is 0 Å². The van der Waals surface area contributed by atoms with Crippen molar-refractivity contribution in [3.05, 3.63) is 66.0 Å². The summed E-state index contributed by atoms with van der Waals surface area (Å²) < 4.78 is 0. The third-order valence-corrected chi connectivity index (χ3v) is 4.90. The summed E-state index contributed by atoms with van der Waals surface area (Å²) in [7, 11) is 0. The molecule has 3 aromatic rings. The Bertz CT molecular complexity index is 840. The molecule has 24 heavy (non-hydrogen) atoms. The van der Waals surface area contributed by atoms with Gasteiger partial charge in [-0.15, -0.1) is 0 Å². The van der Waals surface area contributed by atoms with Gasteiger partial charge in [-0.3, -0.25) is 4.79 Å². The van der Waals surface area contributed by atoms with Crippen molar-refractivity contribution < 1.29 is 4.79 Å². The lowest BCUT2D eigenvalue weighted by Crippen LogP contribution is -2.34. The van der Waals surface area contributed by atoms with Crippen LogP contribution in [0.5, 0.6) is 0 Å². The first kappa shape index (κ1) is 14.9. The zero-order valence-electron chi connectivity index (χ0n) is 13.6. The van der Waals surface area contributed by atoms with Gasteiger partial charge in [-0.25, -0.2) is 4.98 Å². The molecule has 1 fully saturated rings. The molecule has 1 atom stereocenters. The molecule has 4 rings (SSSR count). The van der Waals surface area contributed by atoms with Crippen LogP contribution in [0, 0.1) is 0 Å². The Balaban J connectivity index is 1.58. The first-order chi connectivity index (χ1) is 11.8. The van der Waals surface area contributed by atoms with E-state index in [4.69, 9.17) is 0 Å². The van der Waals surface area contributed by atoms with E-state index in [1.807, 2.05) is 29.2 Å². The van der Waals surface area contributed by atoms with E-state index in [0.717, 1.165) is 42.5 Å². The topological polar surface area (TPSA) is 49.0 Å². The number of likely N-dealkylation sites (tertiary alicyclic amines) is 1. The number of amides is 1. The highest BCUT2D eigenvalue weighted by Gasteiger charge is 2.24. The van der Waals surface area contributed by atoms with Gasteiger partial charge in [0.25, 0.3) is 5.91 Å². The van der Waals surface area contributed by atoms with Gasteiger partial charge >= 0.3 is 0 Å². The zero-order chi connectivity index (χ0) is 16.4. The van der Waals surface area contributed by atoms with Crippen LogP contribution in [-0.2, 0) is 0 Å². The van der Waals surface area contributed by atoms with Crippen LogP contribution >= 0.6 is 0 Å². The first-order valence-corrected chi connectivity index (χ1v) is 8.58. The Morgan fingerprint density at radius 3 is 2.88 bits per heavy atom. The van der Waals surface area contributed by atoms with E-state index < -0.39 is 0 Å². The molecular formula is C20H21N3O. The average molecular weight is 319 g/mol. The molecule has 122 valence electrons. The SMILES string of the molecule is O=C(c1ccc2nc[nH]c2c1)N1CCCC[C@H](c2ccccc2)C1. The summed E-state index contributed by atoms with van der Waals surface area (Å²) in [6.45, 7) is 1.63. The van der Waals surface area contributed by atoms with Crippen LogP contribution in [0.2, 0.25) is 0 Å². The predicted octanol–water partition coefficient (Wildman–Crippen LogP) is 3.97. The molecular weight excluding hydrogens is 298 g/mol. The molecule has 1 aliphatic rings. The number of benzene rings is 2. The van der Waals surface area contributed by atoms with Crippen LogP contribution in [0.3, 0.4) is 0 Å². The van der Waals surface area contributed by atoms with Crippen molar-refractivity contribution in [1.82, 2.24) is 14.9 Å². The molecule has 1 aromatic heterocycles. The lowest BCUT2D eigenvalue weighted by atomic mass is 9.94. The summed E-state index contributed by atoms with van der Waals surface area (Å²) in [6, 6.07) is 16.3. The second kappa shape index (κ2) is 6.48. The second-order valence-electron chi connectivity index (χ2n) is 6.49. The number of carbonyl (C=O) groups excluding carboxylic acids is 1. The number of carbonyl (C=O) groups is 1. The molecule has 2 heterocycles. The Morgan fingerprint density at radius 2 is 2.00 bits per heavy atom. The fraction of sp³-hybridized carbons (Fsp3) is 0.300. The largest absolute Gasteiger partial charge is 0.345 e. The van der Waals surface area contributed by atoms with E-state index in [1.165, 1.54) is 12.0 Å². The number of rotatable bonds is 2. The second-order valence-corrected chi connectivity index (χ2v) is 6.49. The minimum atomic E-state index is 0.120. The standard InChI is InChI=1S/C20H21N3O/c24-20(16-9-10-18-19(12-16)22-14-21-18)23-11-5-4-8-17(13-23)15-6-2-1-3-7-15/h1-3,6-7,9-10,12,14,17H,4-5,8,11,13H2,(H,21,22)/t17-/m0/s1. The average Bonchev–Trinajstić information content (AvgIpc) is 2.96. The number of nitrogens with one attached hydrogen (secondary N) is 1. The van der Waals surface area contributed by atoms with Gasteiger partial charge in [-0.2, -0.15) is 0 Å². The minimum Gasteiger partial charge on any atom is -0.345 e. The van der Waals surface area contributed by atoms with Crippen molar-refractivity contribution >= 4 is 16.9 Å². The molecule has 0 spiro atoms. The van der Waals surface area contributed by atoms with Gasteiger partial charge in [0.2, 0.25) is 0 Å². The number of fused-ring (bicyclic) bond motifs is 1. The molecule has 1 aliphatic heterocycles. The highest BCUT2D eigenvalue weighted by molar-refractivity contribution is 5.97. The molecule has 0 unspecified atom stereocenters. The Hall–Kier alpha value is -2.62. The molecule has 1 saturated heterocycles.